The lowest BCUT2D eigenvalue weighted by Crippen LogP contribution is -2.27. The Morgan fingerprint density at radius 1 is 1.11 bits per heavy atom. The molecule has 0 atom stereocenters. The molecule has 9 heteroatoms. The Hall–Kier alpha value is -2.07. The van der Waals surface area contributed by atoms with Gasteiger partial charge in [0, 0.05) is 25.3 Å². The molecule has 0 bridgehead atoms. The van der Waals surface area contributed by atoms with Crippen molar-refractivity contribution in [2.24, 2.45) is 10.8 Å². The molecule has 0 aliphatic rings. The topological polar surface area (TPSA) is 76.4 Å². The lowest BCUT2D eigenvalue weighted by Gasteiger charge is -2.04. The van der Waals surface area contributed by atoms with E-state index < -0.39 is 0 Å². The third kappa shape index (κ3) is 4.17. The molecule has 0 aliphatic heterocycles. The molecule has 0 radical (unpaired) electrons. The number of nitrogens with one attached hydrogen (secondary N) is 1. The smallest absolute Gasteiger partial charge is 0.246 e. The first-order chi connectivity index (χ1) is 13.5. The van der Waals surface area contributed by atoms with Gasteiger partial charge in [-0.3, -0.25) is 5.43 Å². The fraction of sp³-hybridized carbons (Fsp3) is 0. The summed E-state index contributed by atoms with van der Waals surface area (Å²) in [5.74, 6) is 0. The van der Waals surface area contributed by atoms with E-state index in [1.165, 1.54) is 11.3 Å². The van der Waals surface area contributed by atoms with Crippen LogP contribution in [0.25, 0.3) is 32.8 Å². The average molecular weight is 536 g/mol. The van der Waals surface area contributed by atoms with E-state index >= 15 is 0 Å². The van der Waals surface area contributed by atoms with Crippen LogP contribution in [0.3, 0.4) is 0 Å². The lowest BCUT2D eigenvalue weighted by atomic mass is 10.1. The van der Waals surface area contributed by atoms with E-state index in [2.05, 4.69) is 42.4 Å². The standard InChI is InChI=1S/C19H12Br2N4OS2/c20-12-3-1-10(2-4-12)15-9-28-18(23-15)14-8-11-7-13(21)5-6-16(11)26-17(14)24-25-19(22)27/h1-9H,(H3,22,25,27)/b24-17+. The number of hydrogen-bond acceptors (Lipinski definition) is 5. The number of thiocarbonyl (C=S) groups is 1. The molecule has 0 saturated carbocycles. The molecule has 2 aromatic carbocycles. The molecular formula is C19H12Br2N4OS2. The Morgan fingerprint density at radius 2 is 1.86 bits per heavy atom. The first kappa shape index (κ1) is 19.3. The van der Waals surface area contributed by atoms with Crippen LogP contribution in [-0.2, 0) is 0 Å². The SMILES string of the molecule is NC(=S)N/N=c1/oc2ccc(Br)cc2cc1-c1nc(-c2ccc(Br)cc2)cs1. The van der Waals surface area contributed by atoms with E-state index in [1.807, 2.05) is 53.9 Å². The maximum absolute atomic E-state index is 5.98. The number of hydrogen-bond donors (Lipinski definition) is 2. The molecule has 5 nitrogen and oxygen atoms in total. The van der Waals surface area contributed by atoms with Gasteiger partial charge in [0.15, 0.2) is 5.11 Å². The normalized spacial score (nSPS) is 11.7. The molecule has 0 aliphatic carbocycles. The Balaban J connectivity index is 1.86. The third-order valence-electron chi connectivity index (χ3n) is 3.85. The highest BCUT2D eigenvalue weighted by atomic mass is 79.9. The van der Waals surface area contributed by atoms with E-state index in [0.717, 1.165) is 36.2 Å². The summed E-state index contributed by atoms with van der Waals surface area (Å²) in [6.45, 7) is 0. The van der Waals surface area contributed by atoms with E-state index in [1.54, 1.807) is 0 Å². The van der Waals surface area contributed by atoms with Crippen molar-refractivity contribution in [2.45, 2.75) is 0 Å². The fourth-order valence-corrected chi connectivity index (χ4v) is 4.12. The maximum atomic E-state index is 5.98. The zero-order valence-corrected chi connectivity index (χ0v) is 19.0. The molecule has 140 valence electrons. The van der Waals surface area contributed by atoms with Crippen molar-refractivity contribution in [1.82, 2.24) is 10.4 Å². The van der Waals surface area contributed by atoms with Gasteiger partial charge >= 0.3 is 0 Å². The Kier molecular flexibility index (Phi) is 5.58. The summed E-state index contributed by atoms with van der Waals surface area (Å²) >= 11 is 13.3. The van der Waals surface area contributed by atoms with Crippen LogP contribution in [0, 0.1) is 0 Å². The van der Waals surface area contributed by atoms with Crippen molar-refractivity contribution in [1.29, 1.82) is 0 Å². The number of benzene rings is 2. The molecule has 4 aromatic rings. The van der Waals surface area contributed by atoms with Gasteiger partial charge in [0.25, 0.3) is 0 Å². The van der Waals surface area contributed by atoms with Gasteiger partial charge in [0.05, 0.1) is 11.3 Å². The van der Waals surface area contributed by atoms with Gasteiger partial charge in [-0.15, -0.1) is 16.4 Å². The molecule has 3 N–H and O–H groups in total. The number of fused-ring (bicyclic) bond motifs is 1. The molecule has 0 spiro atoms. The van der Waals surface area contributed by atoms with Gasteiger partial charge < -0.3 is 10.2 Å². The van der Waals surface area contributed by atoms with Gasteiger partial charge in [-0.05, 0) is 48.6 Å². The predicted molar refractivity (Wildman–Crippen MR) is 124 cm³/mol. The molecule has 2 heterocycles. The molecule has 4 rings (SSSR count). The van der Waals surface area contributed by atoms with E-state index in [4.69, 9.17) is 27.4 Å². The molecular weight excluding hydrogens is 524 g/mol. The van der Waals surface area contributed by atoms with E-state index in [0.29, 0.717) is 11.1 Å². The summed E-state index contributed by atoms with van der Waals surface area (Å²) in [5.41, 5.74) is 11.8. The van der Waals surface area contributed by atoms with Gasteiger partial charge in [-0.25, -0.2) is 4.98 Å². The molecule has 0 saturated heterocycles. The van der Waals surface area contributed by atoms with Gasteiger partial charge in [0.1, 0.15) is 10.6 Å². The molecule has 0 amide bonds. The van der Waals surface area contributed by atoms with Gasteiger partial charge in [-0.1, -0.05) is 44.0 Å². The Bertz CT molecular complexity index is 1250. The number of aromatic nitrogens is 1. The van der Waals surface area contributed by atoms with Crippen molar-refractivity contribution < 1.29 is 4.42 Å². The minimum atomic E-state index is 0.0618. The number of nitrogens with zero attached hydrogens (tertiary/aromatic N) is 2. The first-order valence-electron chi connectivity index (χ1n) is 8.04. The average Bonchev–Trinajstić information content (AvgIpc) is 3.16. The zero-order valence-electron chi connectivity index (χ0n) is 14.1. The highest BCUT2D eigenvalue weighted by Crippen LogP contribution is 2.30. The van der Waals surface area contributed by atoms with Crippen LogP contribution >= 0.6 is 55.4 Å². The number of nitrogens with two attached hydrogens (primary N) is 1. The summed E-state index contributed by atoms with van der Waals surface area (Å²) in [6, 6.07) is 15.8. The second-order valence-corrected chi connectivity index (χ2v) is 8.91. The van der Waals surface area contributed by atoms with Crippen LogP contribution in [0.4, 0.5) is 0 Å². The second kappa shape index (κ2) is 8.12. The minimum absolute atomic E-state index is 0.0618. The van der Waals surface area contributed by atoms with Crippen molar-refractivity contribution in [2.75, 3.05) is 0 Å². The number of thiazole rings is 1. The highest BCUT2D eigenvalue weighted by Gasteiger charge is 2.12. The van der Waals surface area contributed by atoms with Gasteiger partial charge in [0.2, 0.25) is 5.55 Å². The number of rotatable bonds is 3. The van der Waals surface area contributed by atoms with E-state index in [-0.39, 0.29) is 5.11 Å². The van der Waals surface area contributed by atoms with Crippen LogP contribution in [0.5, 0.6) is 0 Å². The quantitative estimate of drug-likeness (QED) is 0.271. The van der Waals surface area contributed by atoms with Crippen molar-refractivity contribution in [3.8, 4) is 21.8 Å². The monoisotopic (exact) mass is 534 g/mol. The summed E-state index contributed by atoms with van der Waals surface area (Å²) in [6.07, 6.45) is 0. The van der Waals surface area contributed by atoms with Crippen LogP contribution in [-0.4, -0.2) is 10.1 Å². The van der Waals surface area contributed by atoms with Crippen molar-refractivity contribution in [3.63, 3.8) is 0 Å². The van der Waals surface area contributed by atoms with E-state index in [9.17, 15) is 0 Å². The fourth-order valence-electron chi connectivity index (χ4n) is 2.59. The van der Waals surface area contributed by atoms with Crippen molar-refractivity contribution in [3.05, 3.63) is 68.4 Å². The van der Waals surface area contributed by atoms with Crippen LogP contribution < -0.4 is 16.7 Å². The van der Waals surface area contributed by atoms with Gasteiger partial charge in [-0.2, -0.15) is 0 Å². The predicted octanol–water partition coefficient (Wildman–Crippen LogP) is 5.40. The molecule has 0 fully saturated rings. The largest absolute Gasteiger partial charge is 0.436 e. The zero-order chi connectivity index (χ0) is 19.7. The summed E-state index contributed by atoms with van der Waals surface area (Å²) < 4.78 is 7.96. The van der Waals surface area contributed by atoms with Crippen LogP contribution in [0.2, 0.25) is 0 Å². The summed E-state index contributed by atoms with van der Waals surface area (Å²) in [7, 11) is 0. The molecule has 2 aromatic heterocycles. The minimum Gasteiger partial charge on any atom is -0.436 e. The summed E-state index contributed by atoms with van der Waals surface area (Å²) in [5, 5.41) is 8.00. The van der Waals surface area contributed by atoms with Crippen LogP contribution in [0.15, 0.2) is 72.4 Å². The maximum Gasteiger partial charge on any atom is 0.246 e. The van der Waals surface area contributed by atoms with Crippen LogP contribution in [0.1, 0.15) is 0 Å². The number of halogens is 2. The summed E-state index contributed by atoms with van der Waals surface area (Å²) in [4.78, 5) is 4.78. The Labute approximate surface area is 186 Å². The molecule has 0 unspecified atom stereocenters. The highest BCUT2D eigenvalue weighted by molar-refractivity contribution is 9.10. The van der Waals surface area contributed by atoms with Crippen molar-refractivity contribution >= 4 is 71.5 Å². The first-order valence-corrected chi connectivity index (χ1v) is 10.9. The molecule has 28 heavy (non-hydrogen) atoms. The lowest BCUT2D eigenvalue weighted by molar-refractivity contribution is 0.533. The second-order valence-electron chi connectivity index (χ2n) is 5.78. The Morgan fingerprint density at radius 3 is 2.61 bits per heavy atom. The third-order valence-corrected chi connectivity index (χ3v) is 5.84.